The minimum absolute atomic E-state index is 0.466. The monoisotopic (exact) mass is 212 g/mol. The summed E-state index contributed by atoms with van der Waals surface area (Å²) in [6.45, 7) is 0.951. The smallest absolute Gasteiger partial charge is 0.0591 e. The van der Waals surface area contributed by atoms with Crippen LogP contribution >= 0.6 is 0 Å². The number of nitrogens with one attached hydrogen (secondary N) is 1. The molecule has 3 nitrogen and oxygen atoms in total. The number of hydrazine groups is 1. The van der Waals surface area contributed by atoms with Crippen molar-refractivity contribution < 1.29 is 4.74 Å². The topological polar surface area (TPSA) is 47.3 Å². The molecule has 0 aromatic carbocycles. The molecule has 1 saturated carbocycles. The average Bonchev–Trinajstić information content (AvgIpc) is 2.80. The van der Waals surface area contributed by atoms with E-state index in [4.69, 9.17) is 10.6 Å². The Morgan fingerprint density at radius 3 is 2.53 bits per heavy atom. The maximum Gasteiger partial charge on any atom is 0.0591 e. The van der Waals surface area contributed by atoms with Crippen molar-refractivity contribution in [2.75, 3.05) is 6.61 Å². The summed E-state index contributed by atoms with van der Waals surface area (Å²) in [5.41, 5.74) is 3.02. The second-order valence-corrected chi connectivity index (χ2v) is 5.04. The number of hydrogen-bond acceptors (Lipinski definition) is 3. The lowest BCUT2D eigenvalue weighted by Gasteiger charge is -2.31. The molecule has 0 aromatic rings. The molecular formula is C12H24N2O. The van der Waals surface area contributed by atoms with Gasteiger partial charge in [0.05, 0.1) is 6.10 Å². The van der Waals surface area contributed by atoms with E-state index in [1.165, 1.54) is 44.9 Å². The van der Waals surface area contributed by atoms with Gasteiger partial charge in [-0.15, -0.1) is 0 Å². The number of ether oxygens (including phenoxy) is 1. The molecular weight excluding hydrogens is 188 g/mol. The molecule has 3 N–H and O–H groups in total. The minimum atomic E-state index is 0.466. The Balaban J connectivity index is 1.79. The minimum Gasteiger partial charge on any atom is -0.378 e. The predicted octanol–water partition coefficient (Wildman–Crippen LogP) is 1.97. The van der Waals surface area contributed by atoms with Crippen molar-refractivity contribution in [2.45, 2.75) is 63.5 Å². The molecule has 0 aromatic heterocycles. The SMILES string of the molecule is NNC(CC1CCCO1)C1CCCCC1. The van der Waals surface area contributed by atoms with Crippen molar-refractivity contribution in [3.8, 4) is 0 Å². The Bertz CT molecular complexity index is 174. The van der Waals surface area contributed by atoms with Gasteiger partial charge in [-0.25, -0.2) is 0 Å². The molecule has 0 spiro atoms. The molecule has 1 heterocycles. The van der Waals surface area contributed by atoms with Gasteiger partial charge in [-0.3, -0.25) is 11.3 Å². The molecule has 2 fully saturated rings. The summed E-state index contributed by atoms with van der Waals surface area (Å²) in [6.07, 6.45) is 10.9. The van der Waals surface area contributed by atoms with Gasteiger partial charge in [0.1, 0.15) is 0 Å². The zero-order valence-corrected chi connectivity index (χ0v) is 9.58. The standard InChI is InChI=1S/C12H24N2O/c13-14-12(9-11-7-4-8-15-11)10-5-2-1-3-6-10/h10-12,14H,1-9,13H2. The number of nitrogens with two attached hydrogens (primary N) is 1. The van der Waals surface area contributed by atoms with Gasteiger partial charge in [-0.2, -0.15) is 0 Å². The van der Waals surface area contributed by atoms with E-state index >= 15 is 0 Å². The van der Waals surface area contributed by atoms with Crippen LogP contribution < -0.4 is 11.3 Å². The largest absolute Gasteiger partial charge is 0.378 e. The molecule has 2 atom stereocenters. The van der Waals surface area contributed by atoms with Crippen LogP contribution in [0.5, 0.6) is 0 Å². The Kier molecular flexibility index (Phi) is 4.42. The zero-order valence-electron chi connectivity index (χ0n) is 9.58. The lowest BCUT2D eigenvalue weighted by molar-refractivity contribution is 0.0827. The van der Waals surface area contributed by atoms with Crippen LogP contribution in [0.25, 0.3) is 0 Å². The molecule has 2 aliphatic rings. The van der Waals surface area contributed by atoms with Crippen LogP contribution in [0.1, 0.15) is 51.4 Å². The molecule has 0 bridgehead atoms. The molecule has 1 aliphatic carbocycles. The van der Waals surface area contributed by atoms with Crippen LogP contribution in [-0.4, -0.2) is 18.8 Å². The molecule has 88 valence electrons. The van der Waals surface area contributed by atoms with E-state index in [2.05, 4.69) is 5.43 Å². The Hall–Kier alpha value is -0.120. The lowest BCUT2D eigenvalue weighted by Crippen LogP contribution is -2.43. The fourth-order valence-electron chi connectivity index (χ4n) is 3.05. The van der Waals surface area contributed by atoms with Gasteiger partial charge in [-0.05, 0) is 38.0 Å². The van der Waals surface area contributed by atoms with Crippen molar-refractivity contribution in [3.63, 3.8) is 0 Å². The second-order valence-electron chi connectivity index (χ2n) is 5.04. The summed E-state index contributed by atoms with van der Waals surface area (Å²) in [5, 5.41) is 0. The van der Waals surface area contributed by atoms with Crippen molar-refractivity contribution in [3.05, 3.63) is 0 Å². The van der Waals surface area contributed by atoms with Crippen molar-refractivity contribution in [1.29, 1.82) is 0 Å². The van der Waals surface area contributed by atoms with Crippen molar-refractivity contribution in [2.24, 2.45) is 11.8 Å². The van der Waals surface area contributed by atoms with E-state index in [0.717, 1.165) is 18.9 Å². The molecule has 1 aliphatic heterocycles. The number of hydrogen-bond donors (Lipinski definition) is 2. The third-order valence-electron chi connectivity index (χ3n) is 3.97. The lowest BCUT2D eigenvalue weighted by atomic mass is 9.82. The highest BCUT2D eigenvalue weighted by atomic mass is 16.5. The van der Waals surface area contributed by atoms with E-state index in [-0.39, 0.29) is 0 Å². The maximum absolute atomic E-state index is 5.68. The maximum atomic E-state index is 5.68. The summed E-state index contributed by atoms with van der Waals surface area (Å²) in [6, 6.07) is 0.480. The van der Waals surface area contributed by atoms with Crippen LogP contribution in [0.3, 0.4) is 0 Å². The van der Waals surface area contributed by atoms with E-state index in [1.807, 2.05) is 0 Å². The van der Waals surface area contributed by atoms with Gasteiger partial charge < -0.3 is 4.74 Å². The fraction of sp³-hybridized carbons (Fsp3) is 1.00. The van der Waals surface area contributed by atoms with Crippen LogP contribution in [0, 0.1) is 5.92 Å². The van der Waals surface area contributed by atoms with Crippen molar-refractivity contribution >= 4 is 0 Å². The predicted molar refractivity (Wildman–Crippen MR) is 61.3 cm³/mol. The molecule has 1 saturated heterocycles. The first-order chi connectivity index (χ1) is 7.40. The molecule has 0 amide bonds. The Labute approximate surface area is 92.7 Å². The van der Waals surface area contributed by atoms with Gasteiger partial charge >= 0.3 is 0 Å². The molecule has 3 heteroatoms. The normalized spacial score (nSPS) is 30.6. The third-order valence-corrected chi connectivity index (χ3v) is 3.97. The third kappa shape index (κ3) is 3.16. The molecule has 0 radical (unpaired) electrons. The van der Waals surface area contributed by atoms with E-state index in [9.17, 15) is 0 Å². The molecule has 15 heavy (non-hydrogen) atoms. The summed E-state index contributed by atoms with van der Waals surface area (Å²) in [7, 11) is 0. The highest BCUT2D eigenvalue weighted by Gasteiger charge is 2.27. The molecule has 2 rings (SSSR count). The summed E-state index contributed by atoms with van der Waals surface area (Å²) >= 11 is 0. The number of rotatable bonds is 4. The van der Waals surface area contributed by atoms with Crippen LogP contribution in [0.15, 0.2) is 0 Å². The van der Waals surface area contributed by atoms with Crippen LogP contribution in [-0.2, 0) is 4.74 Å². The average molecular weight is 212 g/mol. The fourth-order valence-corrected chi connectivity index (χ4v) is 3.05. The Morgan fingerprint density at radius 2 is 1.93 bits per heavy atom. The Morgan fingerprint density at radius 1 is 1.13 bits per heavy atom. The van der Waals surface area contributed by atoms with Crippen LogP contribution in [0.2, 0.25) is 0 Å². The molecule has 2 unspecified atom stereocenters. The first kappa shape index (κ1) is 11.4. The van der Waals surface area contributed by atoms with Crippen LogP contribution in [0.4, 0.5) is 0 Å². The highest BCUT2D eigenvalue weighted by molar-refractivity contribution is 4.81. The summed E-state index contributed by atoms with van der Waals surface area (Å²) < 4.78 is 5.68. The quantitative estimate of drug-likeness (QED) is 0.553. The van der Waals surface area contributed by atoms with Gasteiger partial charge in [0.25, 0.3) is 0 Å². The van der Waals surface area contributed by atoms with Crippen molar-refractivity contribution in [1.82, 2.24) is 5.43 Å². The first-order valence-electron chi connectivity index (χ1n) is 6.48. The summed E-state index contributed by atoms with van der Waals surface area (Å²) in [4.78, 5) is 0. The van der Waals surface area contributed by atoms with Gasteiger partial charge in [0.2, 0.25) is 0 Å². The van der Waals surface area contributed by atoms with E-state index in [0.29, 0.717) is 12.1 Å². The van der Waals surface area contributed by atoms with Gasteiger partial charge in [-0.1, -0.05) is 19.3 Å². The van der Waals surface area contributed by atoms with E-state index in [1.54, 1.807) is 0 Å². The summed E-state index contributed by atoms with van der Waals surface area (Å²) in [5.74, 6) is 6.46. The van der Waals surface area contributed by atoms with Gasteiger partial charge in [0, 0.05) is 12.6 Å². The first-order valence-corrected chi connectivity index (χ1v) is 6.48. The van der Waals surface area contributed by atoms with Gasteiger partial charge in [0.15, 0.2) is 0 Å². The van der Waals surface area contributed by atoms with E-state index < -0.39 is 0 Å². The highest BCUT2D eigenvalue weighted by Crippen LogP contribution is 2.29. The second kappa shape index (κ2) is 5.83. The zero-order chi connectivity index (χ0) is 10.5.